The molecule has 0 fully saturated rings. The van der Waals surface area contributed by atoms with Crippen LogP contribution in [-0.2, 0) is 11.3 Å². The molecule has 0 saturated heterocycles. The van der Waals surface area contributed by atoms with Gasteiger partial charge >= 0.3 is 12.0 Å². The molecule has 0 saturated carbocycles. The predicted octanol–water partition coefficient (Wildman–Crippen LogP) is -0.216. The molecule has 0 aliphatic heterocycles. The summed E-state index contributed by atoms with van der Waals surface area (Å²) in [5.74, 6) is -0.351. The Morgan fingerprint density at radius 2 is 2.32 bits per heavy atom. The summed E-state index contributed by atoms with van der Waals surface area (Å²) in [4.78, 5) is 22.4. The largest absolute Gasteiger partial charge is 0.480 e. The summed E-state index contributed by atoms with van der Waals surface area (Å²) in [6.45, 7) is 0.833. The van der Waals surface area contributed by atoms with Crippen LogP contribution in [0.1, 0.15) is 6.42 Å². The van der Waals surface area contributed by atoms with Gasteiger partial charge < -0.3 is 15.7 Å². The van der Waals surface area contributed by atoms with E-state index in [1.807, 2.05) is 6.26 Å². The number of nitrogens with one attached hydrogen (secondary N) is 2. The maximum Gasteiger partial charge on any atom is 0.326 e. The zero-order chi connectivity index (χ0) is 14.1. The highest BCUT2D eigenvalue weighted by molar-refractivity contribution is 7.98. The predicted molar refractivity (Wildman–Crippen MR) is 71.0 cm³/mol. The van der Waals surface area contributed by atoms with Crippen molar-refractivity contribution in [2.75, 3.05) is 18.6 Å². The lowest BCUT2D eigenvalue weighted by atomic mass is 10.2. The van der Waals surface area contributed by atoms with Gasteiger partial charge in [0.1, 0.15) is 6.04 Å². The molecule has 2 amide bonds. The van der Waals surface area contributed by atoms with Crippen molar-refractivity contribution in [2.45, 2.75) is 19.0 Å². The fourth-order valence-electron chi connectivity index (χ4n) is 1.34. The fourth-order valence-corrected chi connectivity index (χ4v) is 1.81. The van der Waals surface area contributed by atoms with Gasteiger partial charge in [-0.15, -0.1) is 5.10 Å². The molecule has 1 unspecified atom stereocenters. The van der Waals surface area contributed by atoms with E-state index in [2.05, 4.69) is 20.9 Å². The van der Waals surface area contributed by atoms with Crippen LogP contribution in [0.5, 0.6) is 0 Å². The van der Waals surface area contributed by atoms with Gasteiger partial charge in [0.05, 0.1) is 12.7 Å². The van der Waals surface area contributed by atoms with E-state index >= 15 is 0 Å². The summed E-state index contributed by atoms with van der Waals surface area (Å²) in [5.41, 5.74) is 0. The third-order valence-corrected chi connectivity index (χ3v) is 2.96. The number of carboxylic acid groups (broad SMARTS) is 1. The van der Waals surface area contributed by atoms with E-state index in [9.17, 15) is 9.59 Å². The van der Waals surface area contributed by atoms with Crippen molar-refractivity contribution in [3.05, 3.63) is 12.4 Å². The number of aromatic nitrogens is 3. The smallest absolute Gasteiger partial charge is 0.326 e. The van der Waals surface area contributed by atoms with Gasteiger partial charge in [-0.1, -0.05) is 5.21 Å². The normalized spacial score (nSPS) is 11.8. The minimum atomic E-state index is -1.03. The zero-order valence-corrected chi connectivity index (χ0v) is 11.4. The molecule has 0 radical (unpaired) electrons. The van der Waals surface area contributed by atoms with Crippen molar-refractivity contribution in [2.24, 2.45) is 0 Å². The molecule has 0 aliphatic carbocycles. The number of urea groups is 1. The Bertz CT molecular complexity index is 398. The lowest BCUT2D eigenvalue weighted by Crippen LogP contribution is -2.46. The molecule has 9 heteroatoms. The van der Waals surface area contributed by atoms with Gasteiger partial charge in [-0.3, -0.25) is 4.68 Å². The van der Waals surface area contributed by atoms with Crippen molar-refractivity contribution < 1.29 is 14.7 Å². The van der Waals surface area contributed by atoms with Crippen LogP contribution in [0.3, 0.4) is 0 Å². The Balaban J connectivity index is 2.25. The van der Waals surface area contributed by atoms with E-state index in [1.54, 1.807) is 17.1 Å². The van der Waals surface area contributed by atoms with Crippen molar-refractivity contribution in [3.8, 4) is 0 Å². The number of hydrogen-bond acceptors (Lipinski definition) is 5. The topological polar surface area (TPSA) is 109 Å². The number of carbonyl (C=O) groups is 2. The second-order valence-electron chi connectivity index (χ2n) is 3.74. The van der Waals surface area contributed by atoms with Gasteiger partial charge in [-0.2, -0.15) is 11.8 Å². The summed E-state index contributed by atoms with van der Waals surface area (Å²) in [5, 5.41) is 21.3. The maximum absolute atomic E-state index is 11.5. The van der Waals surface area contributed by atoms with Gasteiger partial charge in [0.2, 0.25) is 0 Å². The molecule has 106 valence electrons. The SMILES string of the molecule is CSCCC(NC(=O)NCCn1ccnn1)C(=O)O. The molecule has 1 aromatic heterocycles. The van der Waals surface area contributed by atoms with Crippen molar-refractivity contribution in [1.29, 1.82) is 0 Å². The van der Waals surface area contributed by atoms with E-state index in [4.69, 9.17) is 5.11 Å². The van der Waals surface area contributed by atoms with Gasteiger partial charge in [-0.25, -0.2) is 9.59 Å². The van der Waals surface area contributed by atoms with Gasteiger partial charge in [0, 0.05) is 12.7 Å². The van der Waals surface area contributed by atoms with Crippen molar-refractivity contribution >= 4 is 23.8 Å². The molecular weight excluding hydrogens is 270 g/mol. The number of hydrogen-bond donors (Lipinski definition) is 3. The molecule has 3 N–H and O–H groups in total. The van der Waals surface area contributed by atoms with Gasteiger partial charge in [-0.05, 0) is 18.4 Å². The summed E-state index contributed by atoms with van der Waals surface area (Å²) < 4.78 is 1.57. The number of amides is 2. The molecule has 19 heavy (non-hydrogen) atoms. The highest BCUT2D eigenvalue weighted by Crippen LogP contribution is 2.00. The van der Waals surface area contributed by atoms with Crippen LogP contribution in [-0.4, -0.2) is 56.7 Å². The summed E-state index contributed by atoms with van der Waals surface area (Å²) in [7, 11) is 0. The molecule has 0 spiro atoms. The van der Waals surface area contributed by atoms with Crippen molar-refractivity contribution in [3.63, 3.8) is 0 Å². The van der Waals surface area contributed by atoms with Gasteiger partial charge in [0.15, 0.2) is 0 Å². The van der Waals surface area contributed by atoms with Crippen LogP contribution in [0, 0.1) is 0 Å². The summed E-state index contributed by atoms with van der Waals surface area (Å²) in [6.07, 6.45) is 5.51. The monoisotopic (exact) mass is 287 g/mol. The molecule has 1 rings (SSSR count). The van der Waals surface area contributed by atoms with E-state index in [-0.39, 0.29) is 0 Å². The third kappa shape index (κ3) is 6.09. The third-order valence-electron chi connectivity index (χ3n) is 2.31. The Labute approximate surface area is 114 Å². The number of rotatable bonds is 8. The highest BCUT2D eigenvalue weighted by Gasteiger charge is 2.18. The van der Waals surface area contributed by atoms with Crippen LogP contribution < -0.4 is 10.6 Å². The standard InChI is InChI=1S/C10H17N5O3S/c1-19-7-2-8(9(16)17)13-10(18)11-3-5-15-6-4-12-14-15/h4,6,8H,2-3,5,7H2,1H3,(H,16,17)(H2,11,13,18). The molecule has 0 aliphatic rings. The number of nitrogens with zero attached hydrogens (tertiary/aromatic N) is 3. The van der Waals surface area contributed by atoms with Crippen LogP contribution in [0.2, 0.25) is 0 Å². The second kappa shape index (κ2) is 8.35. The van der Waals surface area contributed by atoms with Gasteiger partial charge in [0.25, 0.3) is 0 Å². The molecule has 8 nitrogen and oxygen atoms in total. The molecule has 0 bridgehead atoms. The quantitative estimate of drug-likeness (QED) is 0.610. The first-order valence-corrected chi connectivity index (χ1v) is 7.13. The van der Waals surface area contributed by atoms with Crippen LogP contribution >= 0.6 is 11.8 Å². The zero-order valence-electron chi connectivity index (χ0n) is 10.6. The van der Waals surface area contributed by atoms with Crippen LogP contribution in [0.25, 0.3) is 0 Å². The minimum absolute atomic E-state index is 0.351. The fraction of sp³-hybridized carbons (Fsp3) is 0.600. The first-order valence-electron chi connectivity index (χ1n) is 5.73. The Morgan fingerprint density at radius 3 is 2.89 bits per heavy atom. The van der Waals surface area contributed by atoms with E-state index in [0.717, 1.165) is 0 Å². The maximum atomic E-state index is 11.5. The average molecular weight is 287 g/mol. The Kier molecular flexibility index (Phi) is 6.72. The lowest BCUT2D eigenvalue weighted by Gasteiger charge is -2.14. The molecule has 0 aromatic carbocycles. The first-order chi connectivity index (χ1) is 9.13. The van der Waals surface area contributed by atoms with E-state index in [1.165, 1.54) is 11.8 Å². The van der Waals surface area contributed by atoms with E-state index < -0.39 is 18.0 Å². The summed E-state index contributed by atoms with van der Waals surface area (Å²) in [6, 6.07) is -1.35. The van der Waals surface area contributed by atoms with Crippen LogP contribution in [0.4, 0.5) is 4.79 Å². The molecular formula is C10H17N5O3S. The van der Waals surface area contributed by atoms with Crippen molar-refractivity contribution in [1.82, 2.24) is 25.6 Å². The van der Waals surface area contributed by atoms with E-state index in [0.29, 0.717) is 25.3 Å². The molecule has 1 aromatic rings. The second-order valence-corrected chi connectivity index (χ2v) is 4.72. The highest BCUT2D eigenvalue weighted by atomic mass is 32.2. The minimum Gasteiger partial charge on any atom is -0.480 e. The first kappa shape index (κ1) is 15.3. The number of carbonyl (C=O) groups excluding carboxylic acids is 1. The number of thioether (sulfide) groups is 1. The Morgan fingerprint density at radius 1 is 1.53 bits per heavy atom. The molecule has 1 atom stereocenters. The van der Waals surface area contributed by atoms with Crippen LogP contribution in [0.15, 0.2) is 12.4 Å². The summed E-state index contributed by atoms with van der Waals surface area (Å²) >= 11 is 1.54. The lowest BCUT2D eigenvalue weighted by molar-refractivity contribution is -0.139. The molecule has 1 heterocycles. The number of carboxylic acids is 1. The Hall–Kier alpha value is -1.77. The average Bonchev–Trinajstić information content (AvgIpc) is 2.87. The number of aliphatic carboxylic acids is 1.